The number of nitrogens with two attached hydrogens (primary N) is 1. The quantitative estimate of drug-likeness (QED) is 0.697. The minimum absolute atomic E-state index is 0.0507. The van der Waals surface area contributed by atoms with Crippen LogP contribution in [0.2, 0.25) is 0 Å². The summed E-state index contributed by atoms with van der Waals surface area (Å²) in [6, 6.07) is 6.07. The maximum Gasteiger partial charge on any atom is 0.253 e. The van der Waals surface area contributed by atoms with E-state index in [1.165, 1.54) is 12.1 Å². The summed E-state index contributed by atoms with van der Waals surface area (Å²) in [6.07, 6.45) is 0.728. The number of rotatable bonds is 9. The number of sulfonamides is 1. The van der Waals surface area contributed by atoms with Gasteiger partial charge in [-0.05, 0) is 42.5 Å². The van der Waals surface area contributed by atoms with E-state index in [1.54, 1.807) is 24.1 Å². The summed E-state index contributed by atoms with van der Waals surface area (Å²) in [6.45, 7) is 8.92. The first-order chi connectivity index (χ1) is 11.5. The lowest BCUT2D eigenvalue weighted by Gasteiger charge is -2.21. The lowest BCUT2D eigenvalue weighted by molar-refractivity contribution is 0.0789. The van der Waals surface area contributed by atoms with E-state index in [-0.39, 0.29) is 22.8 Å². The van der Waals surface area contributed by atoms with Gasteiger partial charge < -0.3 is 10.6 Å². The molecule has 0 aliphatic carbocycles. The van der Waals surface area contributed by atoms with Crippen LogP contribution in [0.1, 0.15) is 44.5 Å². The van der Waals surface area contributed by atoms with Gasteiger partial charge in [0, 0.05) is 31.7 Å². The molecule has 1 amide bonds. The molecule has 0 radical (unpaired) electrons. The molecule has 0 saturated heterocycles. The summed E-state index contributed by atoms with van der Waals surface area (Å²) >= 11 is 0. The van der Waals surface area contributed by atoms with Crippen LogP contribution >= 0.6 is 0 Å². The van der Waals surface area contributed by atoms with Crippen LogP contribution in [0, 0.1) is 11.8 Å². The maximum absolute atomic E-state index is 12.4. The van der Waals surface area contributed by atoms with Gasteiger partial charge in [0.1, 0.15) is 0 Å². The normalized spacial score (nSPS) is 13.3. The number of nitrogens with one attached hydrogen (secondary N) is 1. The van der Waals surface area contributed by atoms with Crippen LogP contribution in [0.3, 0.4) is 0 Å². The predicted octanol–water partition coefficient (Wildman–Crippen LogP) is 2.07. The van der Waals surface area contributed by atoms with Crippen molar-refractivity contribution in [2.45, 2.75) is 45.1 Å². The van der Waals surface area contributed by atoms with Gasteiger partial charge in [-0.15, -0.1) is 0 Å². The Morgan fingerprint density at radius 3 is 2.20 bits per heavy atom. The fourth-order valence-electron chi connectivity index (χ4n) is 2.13. The number of nitrogens with zero attached hydrogens (tertiary/aromatic N) is 1. The Hall–Kier alpha value is -1.44. The molecule has 0 aliphatic rings. The minimum atomic E-state index is -3.54. The van der Waals surface area contributed by atoms with Crippen LogP contribution in [-0.4, -0.2) is 45.4 Å². The summed E-state index contributed by atoms with van der Waals surface area (Å²) in [5, 5.41) is 0. The molecular formula is C18H31N3O3S. The van der Waals surface area contributed by atoms with Crippen molar-refractivity contribution in [1.29, 1.82) is 0 Å². The first kappa shape index (κ1) is 21.6. The highest BCUT2D eigenvalue weighted by Crippen LogP contribution is 2.13. The Morgan fingerprint density at radius 2 is 1.72 bits per heavy atom. The Balaban J connectivity index is 2.73. The molecule has 0 fully saturated rings. The zero-order valence-corrected chi connectivity index (χ0v) is 16.6. The van der Waals surface area contributed by atoms with Gasteiger partial charge in [0.2, 0.25) is 10.0 Å². The van der Waals surface area contributed by atoms with Crippen LogP contribution in [0.15, 0.2) is 29.2 Å². The molecular weight excluding hydrogens is 338 g/mol. The third kappa shape index (κ3) is 6.76. The number of carbonyl (C=O) groups excluding carboxylic acids is 1. The highest BCUT2D eigenvalue weighted by molar-refractivity contribution is 7.89. The molecule has 1 atom stereocenters. The van der Waals surface area contributed by atoms with Crippen molar-refractivity contribution < 1.29 is 13.2 Å². The molecule has 0 aromatic heterocycles. The van der Waals surface area contributed by atoms with E-state index in [9.17, 15) is 13.2 Å². The molecule has 6 nitrogen and oxygen atoms in total. The first-order valence-corrected chi connectivity index (χ1v) is 10.1. The summed E-state index contributed by atoms with van der Waals surface area (Å²) in [5.74, 6) is 0.447. The zero-order chi connectivity index (χ0) is 19.2. The Kier molecular flexibility index (Phi) is 8.05. The highest BCUT2D eigenvalue weighted by atomic mass is 32.2. The van der Waals surface area contributed by atoms with Crippen molar-refractivity contribution >= 4 is 15.9 Å². The van der Waals surface area contributed by atoms with Gasteiger partial charge in [0.15, 0.2) is 0 Å². The second kappa shape index (κ2) is 9.31. The maximum atomic E-state index is 12.4. The van der Waals surface area contributed by atoms with Crippen LogP contribution in [0.5, 0.6) is 0 Å². The van der Waals surface area contributed by atoms with Crippen molar-refractivity contribution in [3.63, 3.8) is 0 Å². The van der Waals surface area contributed by atoms with Gasteiger partial charge in [0.25, 0.3) is 5.91 Å². The van der Waals surface area contributed by atoms with Crippen LogP contribution in [0.4, 0.5) is 0 Å². The second-order valence-electron chi connectivity index (χ2n) is 7.19. The molecule has 0 spiro atoms. The first-order valence-electron chi connectivity index (χ1n) is 8.65. The number of amides is 1. The Labute approximate surface area is 151 Å². The molecule has 1 unspecified atom stereocenters. The standard InChI is InChI=1S/C18H31N3O3S/c1-13(2)12-20-25(23,24)16-8-6-15(7-9-16)18(22)21(5)11-10-17(19)14(3)4/h6-9,13-14,17,20H,10-12,19H2,1-5H3. The molecule has 0 aliphatic heterocycles. The Morgan fingerprint density at radius 1 is 1.16 bits per heavy atom. The van der Waals surface area contributed by atoms with Gasteiger partial charge in [-0.25, -0.2) is 13.1 Å². The third-order valence-electron chi connectivity index (χ3n) is 4.09. The number of carbonyl (C=O) groups is 1. The molecule has 25 heavy (non-hydrogen) atoms. The van der Waals surface area contributed by atoms with Gasteiger partial charge in [-0.1, -0.05) is 27.7 Å². The lowest BCUT2D eigenvalue weighted by Crippen LogP contribution is -2.34. The molecule has 0 bridgehead atoms. The molecule has 7 heteroatoms. The molecule has 3 N–H and O–H groups in total. The fourth-order valence-corrected chi connectivity index (χ4v) is 3.35. The van der Waals surface area contributed by atoms with Crippen molar-refractivity contribution in [1.82, 2.24) is 9.62 Å². The summed E-state index contributed by atoms with van der Waals surface area (Å²) < 4.78 is 26.9. The van der Waals surface area contributed by atoms with E-state index < -0.39 is 10.0 Å². The zero-order valence-electron chi connectivity index (χ0n) is 15.8. The molecule has 1 aromatic carbocycles. The number of hydrogen-bond donors (Lipinski definition) is 2. The van der Waals surface area contributed by atoms with Crippen molar-refractivity contribution in [2.24, 2.45) is 17.6 Å². The van der Waals surface area contributed by atoms with Gasteiger partial charge in [0.05, 0.1) is 4.90 Å². The SMILES string of the molecule is CC(C)CNS(=O)(=O)c1ccc(C(=O)N(C)CCC(N)C(C)C)cc1. The second-order valence-corrected chi connectivity index (χ2v) is 8.96. The largest absolute Gasteiger partial charge is 0.342 e. The monoisotopic (exact) mass is 369 g/mol. The van der Waals surface area contributed by atoms with Gasteiger partial charge in [-0.3, -0.25) is 4.79 Å². The summed E-state index contributed by atoms with van der Waals surface area (Å²) in [7, 11) is -1.81. The molecule has 0 saturated carbocycles. The van der Waals surface area contributed by atoms with E-state index in [0.29, 0.717) is 24.6 Å². The van der Waals surface area contributed by atoms with Gasteiger partial charge >= 0.3 is 0 Å². The molecule has 0 heterocycles. The predicted molar refractivity (Wildman–Crippen MR) is 101 cm³/mol. The van der Waals surface area contributed by atoms with Crippen molar-refractivity contribution in [3.8, 4) is 0 Å². The van der Waals surface area contributed by atoms with E-state index in [1.807, 2.05) is 13.8 Å². The summed E-state index contributed by atoms with van der Waals surface area (Å²) in [5.41, 5.74) is 6.47. The van der Waals surface area contributed by atoms with Crippen LogP contribution in [-0.2, 0) is 10.0 Å². The van der Waals surface area contributed by atoms with E-state index in [0.717, 1.165) is 6.42 Å². The van der Waals surface area contributed by atoms with Crippen LogP contribution < -0.4 is 10.5 Å². The van der Waals surface area contributed by atoms with E-state index in [4.69, 9.17) is 5.73 Å². The van der Waals surface area contributed by atoms with E-state index in [2.05, 4.69) is 18.6 Å². The number of benzene rings is 1. The molecule has 142 valence electrons. The lowest BCUT2D eigenvalue weighted by atomic mass is 10.0. The third-order valence-corrected chi connectivity index (χ3v) is 5.53. The molecule has 1 rings (SSSR count). The average molecular weight is 370 g/mol. The average Bonchev–Trinajstić information content (AvgIpc) is 2.56. The number of hydrogen-bond acceptors (Lipinski definition) is 4. The minimum Gasteiger partial charge on any atom is -0.342 e. The highest BCUT2D eigenvalue weighted by Gasteiger charge is 2.17. The smallest absolute Gasteiger partial charge is 0.253 e. The molecule has 1 aromatic rings. The van der Waals surface area contributed by atoms with Crippen molar-refractivity contribution in [2.75, 3.05) is 20.1 Å². The summed E-state index contributed by atoms with van der Waals surface area (Å²) in [4.78, 5) is 14.2. The topological polar surface area (TPSA) is 92.5 Å². The fraction of sp³-hybridized carbons (Fsp3) is 0.611. The Bertz CT molecular complexity index is 655. The van der Waals surface area contributed by atoms with Crippen molar-refractivity contribution in [3.05, 3.63) is 29.8 Å². The van der Waals surface area contributed by atoms with Gasteiger partial charge in [-0.2, -0.15) is 0 Å². The van der Waals surface area contributed by atoms with Crippen LogP contribution in [0.25, 0.3) is 0 Å². The van der Waals surface area contributed by atoms with E-state index >= 15 is 0 Å².